The number of aryl methyl sites for hydroxylation is 2. The van der Waals surface area contributed by atoms with Crippen molar-refractivity contribution >= 4 is 28.8 Å². The summed E-state index contributed by atoms with van der Waals surface area (Å²) in [5.41, 5.74) is 1.99. The summed E-state index contributed by atoms with van der Waals surface area (Å²) < 4.78 is 2.09. The average molecular weight is 385 g/mol. The van der Waals surface area contributed by atoms with Gasteiger partial charge in [0.15, 0.2) is 0 Å². The summed E-state index contributed by atoms with van der Waals surface area (Å²) in [4.78, 5) is 21.4. The molecule has 0 spiro atoms. The molecular weight excluding hydrogens is 360 g/mol. The molecule has 3 aromatic rings. The fourth-order valence-corrected chi connectivity index (χ4v) is 4.19. The van der Waals surface area contributed by atoms with E-state index in [1.54, 1.807) is 11.3 Å². The largest absolute Gasteiger partial charge is 0.353 e. The van der Waals surface area contributed by atoms with Crippen molar-refractivity contribution in [2.45, 2.75) is 33.1 Å². The number of hydrogen-bond donors (Lipinski definition) is 0. The summed E-state index contributed by atoms with van der Waals surface area (Å²) in [7, 11) is 0. The zero-order valence-corrected chi connectivity index (χ0v) is 16.6. The van der Waals surface area contributed by atoms with Gasteiger partial charge in [0.25, 0.3) is 11.7 Å². The molecule has 0 atom stereocenters. The van der Waals surface area contributed by atoms with E-state index >= 15 is 0 Å². The van der Waals surface area contributed by atoms with Gasteiger partial charge in [-0.25, -0.2) is 0 Å². The minimum absolute atomic E-state index is 0.121. The van der Waals surface area contributed by atoms with Crippen LogP contribution in [-0.2, 0) is 12.8 Å². The van der Waals surface area contributed by atoms with Crippen LogP contribution in [0, 0.1) is 0 Å². The molecule has 3 aromatic heterocycles. The number of amides is 1. The van der Waals surface area contributed by atoms with Gasteiger partial charge in [0.2, 0.25) is 0 Å². The second-order valence-electron chi connectivity index (χ2n) is 6.75. The molecule has 0 unspecified atom stereocenters. The highest BCUT2D eigenvalue weighted by atomic mass is 32.1. The maximum atomic E-state index is 12.5. The number of anilines is 1. The van der Waals surface area contributed by atoms with Gasteiger partial charge in [-0.05, 0) is 17.9 Å². The van der Waals surface area contributed by atoms with Crippen molar-refractivity contribution in [3.8, 4) is 0 Å². The number of fused-ring (bicyclic) bond motifs is 1. The van der Waals surface area contributed by atoms with Crippen molar-refractivity contribution in [3.63, 3.8) is 0 Å². The third-order valence-electron chi connectivity index (χ3n) is 4.99. The molecule has 1 fully saturated rings. The van der Waals surface area contributed by atoms with Crippen LogP contribution >= 0.6 is 11.3 Å². The van der Waals surface area contributed by atoms with E-state index < -0.39 is 0 Å². The first kappa shape index (κ1) is 17.9. The third kappa shape index (κ3) is 3.41. The van der Waals surface area contributed by atoms with Crippen LogP contribution in [0.25, 0.3) is 5.78 Å². The minimum Gasteiger partial charge on any atom is -0.353 e. The zero-order valence-electron chi connectivity index (χ0n) is 15.8. The molecule has 8 heteroatoms. The van der Waals surface area contributed by atoms with E-state index in [-0.39, 0.29) is 5.91 Å². The lowest BCUT2D eigenvalue weighted by molar-refractivity contribution is 0.0747. The standard InChI is InChI=1S/C19H24N6OS/c1-3-5-15-12-17(20-19-22-21-16(4-2)25(15)19)23-7-9-24(10-8-23)18(26)14-6-11-27-13-14/h6,11-13H,3-5,7-10H2,1-2H3. The molecule has 7 nitrogen and oxygen atoms in total. The highest BCUT2D eigenvalue weighted by Gasteiger charge is 2.24. The third-order valence-corrected chi connectivity index (χ3v) is 5.68. The SMILES string of the molecule is CCCc1cc(N2CCN(C(=O)c3ccsc3)CC2)nc2nnc(CC)n12. The first-order valence-corrected chi connectivity index (χ1v) is 10.5. The van der Waals surface area contributed by atoms with Gasteiger partial charge >= 0.3 is 0 Å². The Kier molecular flexibility index (Phi) is 5.07. The lowest BCUT2D eigenvalue weighted by Crippen LogP contribution is -2.49. The Morgan fingerprint density at radius 1 is 1.19 bits per heavy atom. The van der Waals surface area contributed by atoms with Crippen LogP contribution in [0.1, 0.15) is 42.1 Å². The average Bonchev–Trinajstić information content (AvgIpc) is 3.37. The van der Waals surface area contributed by atoms with Crippen molar-refractivity contribution < 1.29 is 4.79 Å². The summed E-state index contributed by atoms with van der Waals surface area (Å²) in [6.45, 7) is 7.23. The lowest BCUT2D eigenvalue weighted by atomic mass is 10.2. The van der Waals surface area contributed by atoms with E-state index in [1.807, 2.05) is 21.7 Å². The summed E-state index contributed by atoms with van der Waals surface area (Å²) in [6, 6.07) is 4.05. The summed E-state index contributed by atoms with van der Waals surface area (Å²) in [6.07, 6.45) is 2.86. The molecule has 142 valence electrons. The number of rotatable bonds is 5. The Balaban J connectivity index is 1.54. The summed E-state index contributed by atoms with van der Waals surface area (Å²) in [5, 5.41) is 12.4. The van der Waals surface area contributed by atoms with Gasteiger partial charge in [0.05, 0.1) is 5.56 Å². The fraction of sp³-hybridized carbons (Fsp3) is 0.474. The second-order valence-corrected chi connectivity index (χ2v) is 7.53. The molecule has 1 saturated heterocycles. The van der Waals surface area contributed by atoms with Crippen LogP contribution in [0.4, 0.5) is 5.82 Å². The first-order valence-electron chi connectivity index (χ1n) is 9.51. The molecule has 0 radical (unpaired) electrons. The van der Waals surface area contributed by atoms with Crippen molar-refractivity contribution in [1.29, 1.82) is 0 Å². The molecule has 4 rings (SSSR count). The quantitative estimate of drug-likeness (QED) is 0.677. The number of hydrogen-bond acceptors (Lipinski definition) is 6. The van der Waals surface area contributed by atoms with E-state index in [2.05, 4.69) is 39.4 Å². The number of piperazine rings is 1. The van der Waals surface area contributed by atoms with Gasteiger partial charge in [0, 0.05) is 49.7 Å². The smallest absolute Gasteiger partial charge is 0.257 e. The molecule has 4 heterocycles. The Labute approximate surface area is 162 Å². The van der Waals surface area contributed by atoms with Crippen molar-refractivity contribution in [3.05, 3.63) is 40.0 Å². The second kappa shape index (κ2) is 7.64. The monoisotopic (exact) mass is 384 g/mol. The van der Waals surface area contributed by atoms with Crippen molar-refractivity contribution in [2.75, 3.05) is 31.1 Å². The highest BCUT2D eigenvalue weighted by Crippen LogP contribution is 2.20. The molecular formula is C19H24N6OS. The summed E-state index contributed by atoms with van der Waals surface area (Å²) >= 11 is 1.56. The normalized spacial score (nSPS) is 14.9. The zero-order chi connectivity index (χ0) is 18.8. The van der Waals surface area contributed by atoms with E-state index in [1.165, 1.54) is 5.69 Å². The van der Waals surface area contributed by atoms with Gasteiger partial charge in [-0.3, -0.25) is 9.20 Å². The van der Waals surface area contributed by atoms with E-state index in [0.29, 0.717) is 18.9 Å². The predicted octanol–water partition coefficient (Wildman–Crippen LogP) is 2.66. The predicted molar refractivity (Wildman–Crippen MR) is 107 cm³/mol. The molecule has 1 aliphatic rings. The van der Waals surface area contributed by atoms with Crippen LogP contribution in [0.3, 0.4) is 0 Å². The molecule has 1 amide bonds. The molecule has 0 N–H and O–H groups in total. The molecule has 0 aromatic carbocycles. The number of nitrogens with zero attached hydrogens (tertiary/aromatic N) is 6. The first-order chi connectivity index (χ1) is 13.2. The molecule has 0 aliphatic carbocycles. The van der Waals surface area contributed by atoms with Gasteiger partial charge in [-0.15, -0.1) is 10.2 Å². The van der Waals surface area contributed by atoms with E-state index in [4.69, 9.17) is 4.98 Å². The molecule has 0 saturated carbocycles. The minimum atomic E-state index is 0.121. The van der Waals surface area contributed by atoms with Crippen LogP contribution in [0.2, 0.25) is 0 Å². The molecule has 27 heavy (non-hydrogen) atoms. The summed E-state index contributed by atoms with van der Waals surface area (Å²) in [5.74, 6) is 2.68. The topological polar surface area (TPSA) is 66.6 Å². The van der Waals surface area contributed by atoms with Crippen molar-refractivity contribution in [2.24, 2.45) is 0 Å². The van der Waals surface area contributed by atoms with Crippen molar-refractivity contribution in [1.82, 2.24) is 24.5 Å². The maximum Gasteiger partial charge on any atom is 0.257 e. The van der Waals surface area contributed by atoms with Crippen LogP contribution in [-0.4, -0.2) is 56.6 Å². The number of thiophene rings is 1. The Hall–Kier alpha value is -2.48. The van der Waals surface area contributed by atoms with E-state index in [9.17, 15) is 4.79 Å². The van der Waals surface area contributed by atoms with Crippen LogP contribution < -0.4 is 4.90 Å². The molecule has 1 aliphatic heterocycles. The number of aromatic nitrogens is 4. The number of carbonyl (C=O) groups is 1. The maximum absolute atomic E-state index is 12.5. The van der Waals surface area contributed by atoms with Crippen LogP contribution in [0.15, 0.2) is 22.9 Å². The Morgan fingerprint density at radius 2 is 2.00 bits per heavy atom. The van der Waals surface area contributed by atoms with Crippen LogP contribution in [0.5, 0.6) is 0 Å². The lowest BCUT2D eigenvalue weighted by Gasteiger charge is -2.35. The fourth-order valence-electron chi connectivity index (χ4n) is 3.56. The van der Waals surface area contributed by atoms with Gasteiger partial charge in [0.1, 0.15) is 11.6 Å². The van der Waals surface area contributed by atoms with Gasteiger partial charge in [-0.1, -0.05) is 20.3 Å². The van der Waals surface area contributed by atoms with Gasteiger partial charge < -0.3 is 9.80 Å². The molecule has 0 bridgehead atoms. The van der Waals surface area contributed by atoms with Gasteiger partial charge in [-0.2, -0.15) is 16.3 Å². The van der Waals surface area contributed by atoms with E-state index in [0.717, 1.165) is 49.6 Å². The highest BCUT2D eigenvalue weighted by molar-refractivity contribution is 7.08. The Morgan fingerprint density at radius 3 is 2.67 bits per heavy atom. The Bertz CT molecular complexity index is 927. The number of carbonyl (C=O) groups excluding carboxylic acids is 1.